The van der Waals surface area contributed by atoms with Crippen molar-refractivity contribution in [1.82, 2.24) is 10.2 Å². The molecule has 0 bridgehead atoms. The minimum absolute atomic E-state index is 0.345. The van der Waals surface area contributed by atoms with Gasteiger partial charge < -0.3 is 4.90 Å². The van der Waals surface area contributed by atoms with Gasteiger partial charge in [-0.1, -0.05) is 6.92 Å². The van der Waals surface area contributed by atoms with Gasteiger partial charge in [-0.15, -0.1) is 0 Å². The lowest BCUT2D eigenvalue weighted by Crippen LogP contribution is -2.52. The van der Waals surface area contributed by atoms with Gasteiger partial charge in [-0.25, -0.2) is 0 Å². The molecule has 1 aliphatic carbocycles. The maximum absolute atomic E-state index is 9.31. The Morgan fingerprint density at radius 3 is 2.44 bits per heavy atom. The molecule has 1 unspecified atom stereocenters. The van der Waals surface area contributed by atoms with E-state index in [-0.39, 0.29) is 5.54 Å². The van der Waals surface area contributed by atoms with Crippen LogP contribution in [0, 0.1) is 17.2 Å². The summed E-state index contributed by atoms with van der Waals surface area (Å²) in [6, 6.07) is 3.06. The highest BCUT2D eigenvalue weighted by Crippen LogP contribution is 2.24. The van der Waals surface area contributed by atoms with Crippen LogP contribution in [0.4, 0.5) is 0 Å². The third kappa shape index (κ3) is 3.20. The number of nitrogens with one attached hydrogen (secondary N) is 1. The van der Waals surface area contributed by atoms with E-state index in [1.807, 2.05) is 6.92 Å². The average molecular weight is 221 g/mol. The van der Waals surface area contributed by atoms with Crippen molar-refractivity contribution in [2.24, 2.45) is 5.92 Å². The summed E-state index contributed by atoms with van der Waals surface area (Å²) < 4.78 is 0. The standard InChI is InChI=1S/C13H23N3/c1-11-5-7-16(8-6-11)10-13(2,9-14)15-12-3-4-12/h11-12,15H,3-8,10H2,1-2H3. The molecule has 3 nitrogen and oxygen atoms in total. The Bertz CT molecular complexity index is 271. The summed E-state index contributed by atoms with van der Waals surface area (Å²) in [5.41, 5.74) is -0.345. The summed E-state index contributed by atoms with van der Waals surface area (Å²) in [4.78, 5) is 2.44. The molecule has 3 heteroatoms. The monoisotopic (exact) mass is 221 g/mol. The van der Waals surface area contributed by atoms with Crippen molar-refractivity contribution in [3.63, 3.8) is 0 Å². The minimum atomic E-state index is -0.345. The molecular formula is C13H23N3. The molecule has 2 aliphatic rings. The molecule has 16 heavy (non-hydrogen) atoms. The van der Waals surface area contributed by atoms with Crippen molar-refractivity contribution in [3.05, 3.63) is 0 Å². The highest BCUT2D eigenvalue weighted by molar-refractivity contribution is 5.09. The lowest BCUT2D eigenvalue weighted by Gasteiger charge is -2.35. The molecule has 1 aliphatic heterocycles. The molecule has 0 aromatic heterocycles. The van der Waals surface area contributed by atoms with Crippen LogP contribution in [-0.2, 0) is 0 Å². The number of nitrogens with zero attached hydrogens (tertiary/aromatic N) is 2. The molecule has 2 rings (SSSR count). The lowest BCUT2D eigenvalue weighted by atomic mass is 9.96. The fraction of sp³-hybridized carbons (Fsp3) is 0.923. The van der Waals surface area contributed by atoms with Crippen molar-refractivity contribution in [2.45, 2.75) is 51.1 Å². The van der Waals surface area contributed by atoms with Crippen molar-refractivity contribution < 1.29 is 0 Å². The van der Waals surface area contributed by atoms with E-state index < -0.39 is 0 Å². The SMILES string of the molecule is CC1CCN(CC(C)(C#N)NC2CC2)CC1. The molecule has 1 heterocycles. The predicted molar refractivity (Wildman–Crippen MR) is 65.0 cm³/mol. The molecule has 0 amide bonds. The second-order valence-corrected chi connectivity index (χ2v) is 5.82. The second kappa shape index (κ2) is 4.73. The topological polar surface area (TPSA) is 39.1 Å². The third-order valence-electron chi connectivity index (χ3n) is 3.76. The van der Waals surface area contributed by atoms with Gasteiger partial charge in [0.15, 0.2) is 0 Å². The first-order valence-corrected chi connectivity index (χ1v) is 6.52. The molecule has 1 saturated heterocycles. The molecule has 1 atom stereocenters. The van der Waals surface area contributed by atoms with Crippen LogP contribution in [0.3, 0.4) is 0 Å². The Morgan fingerprint density at radius 1 is 1.31 bits per heavy atom. The fourth-order valence-electron chi connectivity index (χ4n) is 2.46. The summed E-state index contributed by atoms with van der Waals surface area (Å²) in [5.74, 6) is 0.862. The normalized spacial score (nSPS) is 27.3. The Balaban J connectivity index is 1.83. The number of rotatable bonds is 4. The first-order valence-electron chi connectivity index (χ1n) is 6.52. The van der Waals surface area contributed by atoms with Gasteiger partial charge in [0, 0.05) is 12.6 Å². The number of hydrogen-bond donors (Lipinski definition) is 1. The van der Waals surface area contributed by atoms with E-state index >= 15 is 0 Å². The molecule has 0 aromatic carbocycles. The van der Waals surface area contributed by atoms with E-state index in [2.05, 4.69) is 23.2 Å². The maximum atomic E-state index is 9.31. The summed E-state index contributed by atoms with van der Waals surface area (Å²) >= 11 is 0. The largest absolute Gasteiger partial charge is 0.300 e. The van der Waals surface area contributed by atoms with Gasteiger partial charge in [0.05, 0.1) is 6.07 Å². The second-order valence-electron chi connectivity index (χ2n) is 5.82. The van der Waals surface area contributed by atoms with Crippen molar-refractivity contribution >= 4 is 0 Å². The average Bonchev–Trinajstić information content (AvgIpc) is 3.05. The van der Waals surface area contributed by atoms with Crippen LogP contribution in [0.25, 0.3) is 0 Å². The number of likely N-dealkylation sites (tertiary alicyclic amines) is 1. The fourth-order valence-corrected chi connectivity index (χ4v) is 2.46. The van der Waals surface area contributed by atoms with Gasteiger partial charge >= 0.3 is 0 Å². The summed E-state index contributed by atoms with van der Waals surface area (Å²) in [6.45, 7) is 7.56. The van der Waals surface area contributed by atoms with Crippen LogP contribution >= 0.6 is 0 Å². The molecule has 2 fully saturated rings. The number of hydrogen-bond acceptors (Lipinski definition) is 3. The van der Waals surface area contributed by atoms with Gasteiger partial charge in [0.25, 0.3) is 0 Å². The molecule has 0 spiro atoms. The van der Waals surface area contributed by atoms with Crippen LogP contribution in [-0.4, -0.2) is 36.1 Å². The van der Waals surface area contributed by atoms with E-state index in [0.29, 0.717) is 6.04 Å². The first kappa shape index (κ1) is 11.9. The highest BCUT2D eigenvalue weighted by Gasteiger charge is 2.34. The summed E-state index contributed by atoms with van der Waals surface area (Å²) in [7, 11) is 0. The number of piperidine rings is 1. The van der Waals surface area contributed by atoms with Crippen LogP contribution < -0.4 is 5.32 Å². The van der Waals surface area contributed by atoms with Gasteiger partial charge in [0.2, 0.25) is 0 Å². The van der Waals surface area contributed by atoms with Gasteiger partial charge in [0.1, 0.15) is 5.54 Å². The van der Waals surface area contributed by atoms with Crippen LogP contribution in [0.1, 0.15) is 39.5 Å². The molecular weight excluding hydrogens is 198 g/mol. The zero-order chi connectivity index (χ0) is 11.6. The van der Waals surface area contributed by atoms with Crippen molar-refractivity contribution in [1.29, 1.82) is 5.26 Å². The summed E-state index contributed by atoms with van der Waals surface area (Å²) in [5, 5.41) is 12.8. The molecule has 1 saturated carbocycles. The highest BCUT2D eigenvalue weighted by atomic mass is 15.2. The van der Waals surface area contributed by atoms with Crippen molar-refractivity contribution in [3.8, 4) is 6.07 Å². The Labute approximate surface area is 98.8 Å². The van der Waals surface area contributed by atoms with Crippen molar-refractivity contribution in [2.75, 3.05) is 19.6 Å². The van der Waals surface area contributed by atoms with E-state index in [1.54, 1.807) is 0 Å². The predicted octanol–water partition coefficient (Wildman–Crippen LogP) is 1.75. The van der Waals surface area contributed by atoms with Gasteiger partial charge in [-0.3, -0.25) is 5.32 Å². The molecule has 1 N–H and O–H groups in total. The van der Waals surface area contributed by atoms with E-state index in [0.717, 1.165) is 25.6 Å². The minimum Gasteiger partial charge on any atom is -0.300 e. The third-order valence-corrected chi connectivity index (χ3v) is 3.76. The molecule has 0 radical (unpaired) electrons. The van der Waals surface area contributed by atoms with Crippen LogP contribution in [0.15, 0.2) is 0 Å². The molecule has 90 valence electrons. The van der Waals surface area contributed by atoms with E-state index in [1.165, 1.54) is 25.7 Å². The van der Waals surface area contributed by atoms with Crippen LogP contribution in [0.2, 0.25) is 0 Å². The maximum Gasteiger partial charge on any atom is 0.116 e. The van der Waals surface area contributed by atoms with Gasteiger partial charge in [-0.2, -0.15) is 5.26 Å². The lowest BCUT2D eigenvalue weighted by molar-refractivity contribution is 0.161. The number of nitriles is 1. The van der Waals surface area contributed by atoms with E-state index in [9.17, 15) is 5.26 Å². The Hall–Kier alpha value is -0.590. The zero-order valence-corrected chi connectivity index (χ0v) is 10.5. The smallest absolute Gasteiger partial charge is 0.116 e. The first-order chi connectivity index (χ1) is 7.61. The zero-order valence-electron chi connectivity index (χ0n) is 10.5. The Morgan fingerprint density at radius 2 is 1.94 bits per heavy atom. The van der Waals surface area contributed by atoms with Gasteiger partial charge in [-0.05, 0) is 51.6 Å². The van der Waals surface area contributed by atoms with Crippen LogP contribution in [0.5, 0.6) is 0 Å². The molecule has 0 aromatic rings. The summed E-state index contributed by atoms with van der Waals surface area (Å²) in [6.07, 6.45) is 5.05. The Kier molecular flexibility index (Phi) is 3.51. The quantitative estimate of drug-likeness (QED) is 0.786. The van der Waals surface area contributed by atoms with E-state index in [4.69, 9.17) is 0 Å².